The van der Waals surface area contributed by atoms with Gasteiger partial charge < -0.3 is 0 Å². The van der Waals surface area contributed by atoms with Gasteiger partial charge in [0.15, 0.2) is 0 Å². The summed E-state index contributed by atoms with van der Waals surface area (Å²) in [5, 5.41) is 0. The molecule has 2 aliphatic rings. The lowest BCUT2D eigenvalue weighted by Gasteiger charge is -2.12. The highest BCUT2D eigenvalue weighted by molar-refractivity contribution is 5.30. The van der Waals surface area contributed by atoms with Crippen LogP contribution in [0, 0.1) is 13.8 Å². The Bertz CT molecular complexity index is 371. The third-order valence-electron chi connectivity index (χ3n) is 3.48. The van der Waals surface area contributed by atoms with Crippen LogP contribution in [0.2, 0.25) is 0 Å². The molecule has 0 atom stereocenters. The normalized spacial score (nSPS) is 20.1. The fourth-order valence-electron chi connectivity index (χ4n) is 2.07. The largest absolute Gasteiger partial charge is 0.296 e. The van der Waals surface area contributed by atoms with E-state index in [1.807, 2.05) is 0 Å². The zero-order valence-corrected chi connectivity index (χ0v) is 10.2. The van der Waals surface area contributed by atoms with E-state index in [-0.39, 0.29) is 0 Å². The summed E-state index contributed by atoms with van der Waals surface area (Å²) < 4.78 is 0. The average Bonchev–Trinajstić information content (AvgIpc) is 3.08. The highest BCUT2D eigenvalue weighted by Gasteiger charge is 2.21. The van der Waals surface area contributed by atoms with Crippen LogP contribution in [0.5, 0.6) is 0 Å². The van der Waals surface area contributed by atoms with Gasteiger partial charge in [-0.1, -0.05) is 0 Å². The summed E-state index contributed by atoms with van der Waals surface area (Å²) in [7, 11) is 0. The molecule has 3 rings (SSSR count). The molecule has 0 aliphatic carbocycles. The first kappa shape index (κ1) is 10.2. The van der Waals surface area contributed by atoms with Gasteiger partial charge in [0.1, 0.15) is 0 Å². The molecule has 0 spiro atoms. The number of nitrogens with zero attached hydrogens (tertiary/aromatic N) is 3. The summed E-state index contributed by atoms with van der Waals surface area (Å²) in [5.41, 5.74) is 5.25. The molecule has 2 fully saturated rings. The molecule has 0 unspecified atom stereocenters. The Balaban J connectivity index is 1.83. The zero-order valence-electron chi connectivity index (χ0n) is 10.2. The van der Waals surface area contributed by atoms with Gasteiger partial charge in [0, 0.05) is 50.7 Å². The highest BCUT2D eigenvalue weighted by atomic mass is 15.3. The molecule has 2 aliphatic heterocycles. The molecule has 3 heterocycles. The maximum atomic E-state index is 4.68. The monoisotopic (exact) mass is 217 g/mol. The van der Waals surface area contributed by atoms with E-state index in [9.17, 15) is 0 Å². The molecule has 1 aromatic rings. The molecule has 0 aromatic carbocycles. The number of hydrogen-bond donors (Lipinski definition) is 0. The predicted molar refractivity (Wildman–Crippen MR) is 64.3 cm³/mol. The minimum absolute atomic E-state index is 1.09. The van der Waals surface area contributed by atoms with Crippen molar-refractivity contribution in [1.82, 2.24) is 14.8 Å². The molecule has 2 saturated heterocycles. The quantitative estimate of drug-likeness (QED) is 0.709. The van der Waals surface area contributed by atoms with Crippen molar-refractivity contribution in [2.45, 2.75) is 26.9 Å². The lowest BCUT2D eigenvalue weighted by atomic mass is 10.1. The van der Waals surface area contributed by atoms with E-state index in [4.69, 9.17) is 0 Å². The first-order valence-electron chi connectivity index (χ1n) is 6.13. The average molecular weight is 217 g/mol. The maximum Gasteiger partial charge on any atom is 0.0421 e. The van der Waals surface area contributed by atoms with Crippen LogP contribution in [0.3, 0.4) is 0 Å². The molecule has 0 N–H and O–H groups in total. The summed E-state index contributed by atoms with van der Waals surface area (Å²) in [6.07, 6.45) is 0. The van der Waals surface area contributed by atoms with Gasteiger partial charge in [0.25, 0.3) is 0 Å². The number of aromatic nitrogens is 1. The first-order chi connectivity index (χ1) is 7.72. The Kier molecular flexibility index (Phi) is 2.45. The van der Waals surface area contributed by atoms with Crippen molar-refractivity contribution in [1.29, 1.82) is 0 Å². The Morgan fingerprint density at radius 2 is 1.38 bits per heavy atom. The van der Waals surface area contributed by atoms with E-state index >= 15 is 0 Å². The lowest BCUT2D eigenvalue weighted by Crippen LogP contribution is -2.07. The van der Waals surface area contributed by atoms with Crippen LogP contribution in [-0.2, 0) is 13.1 Å². The molecule has 0 radical (unpaired) electrons. The van der Waals surface area contributed by atoms with E-state index in [2.05, 4.69) is 34.7 Å². The van der Waals surface area contributed by atoms with E-state index in [0.717, 1.165) is 13.1 Å². The predicted octanol–water partition coefficient (Wildman–Crippen LogP) is 1.33. The molecule has 0 bridgehead atoms. The first-order valence-corrected chi connectivity index (χ1v) is 6.13. The standard InChI is InChI=1S/C13H19N3/c1-10-12(8-15-3-4-15)7-13(11(2)14-10)9-16-5-6-16/h7H,3-6,8-9H2,1-2H3. The van der Waals surface area contributed by atoms with Crippen molar-refractivity contribution in [3.8, 4) is 0 Å². The van der Waals surface area contributed by atoms with E-state index < -0.39 is 0 Å². The SMILES string of the molecule is Cc1nc(C)c(CN2CC2)cc1CN1CC1. The Labute approximate surface area is 97.1 Å². The van der Waals surface area contributed by atoms with Gasteiger partial charge in [-0.15, -0.1) is 0 Å². The second-order valence-electron chi connectivity index (χ2n) is 5.03. The van der Waals surface area contributed by atoms with Gasteiger partial charge in [0.2, 0.25) is 0 Å². The lowest BCUT2D eigenvalue weighted by molar-refractivity contribution is 0.539. The van der Waals surface area contributed by atoms with Crippen molar-refractivity contribution < 1.29 is 0 Å². The van der Waals surface area contributed by atoms with Gasteiger partial charge in [-0.2, -0.15) is 0 Å². The van der Waals surface area contributed by atoms with Gasteiger partial charge in [-0.05, 0) is 31.0 Å². The van der Waals surface area contributed by atoms with Crippen LogP contribution >= 0.6 is 0 Å². The molecule has 86 valence electrons. The Morgan fingerprint density at radius 3 is 1.75 bits per heavy atom. The number of aryl methyl sites for hydroxylation is 2. The van der Waals surface area contributed by atoms with Gasteiger partial charge in [-0.3, -0.25) is 14.8 Å². The van der Waals surface area contributed by atoms with Gasteiger partial charge >= 0.3 is 0 Å². The summed E-state index contributed by atoms with van der Waals surface area (Å²) >= 11 is 0. The van der Waals surface area contributed by atoms with Crippen LogP contribution in [-0.4, -0.2) is 41.0 Å². The van der Waals surface area contributed by atoms with Crippen molar-refractivity contribution in [3.63, 3.8) is 0 Å². The topological polar surface area (TPSA) is 18.9 Å². The van der Waals surface area contributed by atoms with Crippen molar-refractivity contribution in [2.24, 2.45) is 0 Å². The van der Waals surface area contributed by atoms with Crippen LogP contribution in [0.25, 0.3) is 0 Å². The van der Waals surface area contributed by atoms with E-state index in [0.29, 0.717) is 0 Å². The van der Waals surface area contributed by atoms with Crippen LogP contribution < -0.4 is 0 Å². The molecule has 1 aromatic heterocycles. The minimum Gasteiger partial charge on any atom is -0.296 e. The summed E-state index contributed by atoms with van der Waals surface area (Å²) in [6.45, 7) is 11.5. The number of pyridine rings is 1. The molecule has 16 heavy (non-hydrogen) atoms. The number of rotatable bonds is 4. The second-order valence-corrected chi connectivity index (χ2v) is 5.03. The van der Waals surface area contributed by atoms with Gasteiger partial charge in [-0.25, -0.2) is 0 Å². The van der Waals surface area contributed by atoms with E-state index in [1.54, 1.807) is 0 Å². The fourth-order valence-corrected chi connectivity index (χ4v) is 2.07. The third-order valence-corrected chi connectivity index (χ3v) is 3.48. The smallest absolute Gasteiger partial charge is 0.0421 e. The Morgan fingerprint density at radius 1 is 0.938 bits per heavy atom. The third kappa shape index (κ3) is 2.25. The van der Waals surface area contributed by atoms with Crippen LogP contribution in [0.15, 0.2) is 6.07 Å². The molecule has 0 amide bonds. The van der Waals surface area contributed by atoms with Crippen LogP contribution in [0.4, 0.5) is 0 Å². The molecular formula is C13H19N3. The zero-order chi connectivity index (χ0) is 11.1. The Hall–Kier alpha value is -0.930. The second kappa shape index (κ2) is 3.82. The highest BCUT2D eigenvalue weighted by Crippen LogP contribution is 2.20. The molecule has 3 nitrogen and oxygen atoms in total. The molecule has 3 heteroatoms. The fraction of sp³-hybridized carbons (Fsp3) is 0.615. The molecule has 0 saturated carbocycles. The maximum absolute atomic E-state index is 4.68. The summed E-state index contributed by atoms with van der Waals surface area (Å²) in [5.74, 6) is 0. The minimum atomic E-state index is 1.09. The van der Waals surface area contributed by atoms with Crippen LogP contribution in [0.1, 0.15) is 22.5 Å². The van der Waals surface area contributed by atoms with E-state index in [1.165, 1.54) is 48.7 Å². The number of hydrogen-bond acceptors (Lipinski definition) is 3. The molecular weight excluding hydrogens is 198 g/mol. The van der Waals surface area contributed by atoms with Crippen molar-refractivity contribution in [2.75, 3.05) is 26.2 Å². The van der Waals surface area contributed by atoms with Crippen molar-refractivity contribution in [3.05, 3.63) is 28.6 Å². The summed E-state index contributed by atoms with van der Waals surface area (Å²) in [4.78, 5) is 9.57. The van der Waals surface area contributed by atoms with Gasteiger partial charge in [0.05, 0.1) is 0 Å². The summed E-state index contributed by atoms with van der Waals surface area (Å²) in [6, 6.07) is 2.37. The van der Waals surface area contributed by atoms with Crippen molar-refractivity contribution >= 4 is 0 Å².